The van der Waals surface area contributed by atoms with Crippen molar-refractivity contribution in [1.82, 2.24) is 5.32 Å². The molecule has 0 aliphatic carbocycles. The minimum Gasteiger partial charge on any atom is -0.310 e. The van der Waals surface area contributed by atoms with Crippen molar-refractivity contribution in [3.63, 3.8) is 0 Å². The number of hydrogen-bond acceptors (Lipinski definition) is 6. The van der Waals surface area contributed by atoms with Gasteiger partial charge in [0, 0.05) is 18.4 Å². The minimum absolute atomic E-state index is 0.326. The van der Waals surface area contributed by atoms with Crippen LogP contribution in [-0.2, 0) is 19.9 Å². The molecule has 19 heavy (non-hydrogen) atoms. The molecule has 1 aromatic rings. The van der Waals surface area contributed by atoms with Crippen molar-refractivity contribution in [3.8, 4) is 0 Å². The van der Waals surface area contributed by atoms with Crippen molar-refractivity contribution in [2.75, 3.05) is 6.50 Å². The maximum atomic E-state index is 12.5. The van der Waals surface area contributed by atoms with E-state index in [-0.39, 0.29) is 5.56 Å². The Labute approximate surface area is 125 Å². The van der Waals surface area contributed by atoms with Gasteiger partial charge in [0.15, 0.2) is 9.84 Å². The highest BCUT2D eigenvalue weighted by molar-refractivity contribution is 7.95. The molecule has 0 fully saturated rings. The van der Waals surface area contributed by atoms with Crippen molar-refractivity contribution in [3.05, 3.63) is 11.6 Å². The molecular weight excluding hydrogens is 308 g/mol. The summed E-state index contributed by atoms with van der Waals surface area (Å²) in [6, 6.07) is -1.27. The summed E-state index contributed by atoms with van der Waals surface area (Å²) < 4.78 is 92.6. The molecule has 1 aliphatic heterocycles. The highest BCUT2D eigenvalue weighted by Gasteiger charge is 2.39. The first-order chi connectivity index (χ1) is 10.9. The van der Waals surface area contributed by atoms with Crippen molar-refractivity contribution in [2.24, 2.45) is 5.14 Å². The van der Waals surface area contributed by atoms with Crippen molar-refractivity contribution >= 4 is 31.2 Å². The van der Waals surface area contributed by atoms with E-state index in [1.165, 1.54) is 6.92 Å². The zero-order chi connectivity index (χ0) is 19.6. The second-order valence-electron chi connectivity index (χ2n) is 4.10. The Morgan fingerprint density at radius 3 is 3.00 bits per heavy atom. The van der Waals surface area contributed by atoms with Crippen LogP contribution in [0.25, 0.3) is 0 Å². The van der Waals surface area contributed by atoms with Gasteiger partial charge in [-0.15, -0.1) is 11.3 Å². The van der Waals surface area contributed by atoms with Gasteiger partial charge in [-0.05, 0) is 25.9 Å². The van der Waals surface area contributed by atoms with Crippen LogP contribution in [0.2, 0.25) is 0 Å². The first kappa shape index (κ1) is 8.73. The second-order valence-corrected chi connectivity index (χ2v) is 9.50. The standard InChI is InChI=1S/C10H16N2O4S3/c1-3-12-8-4-6(2)18(13,14)10-7(8)5-9(17-10)19(11,15)16/h5-6,8,12H,3-4H2,1-2H3,(H2,11,15,16)/t6-,8-/m0/s1/i1D3,3D2,8D. The smallest absolute Gasteiger partial charge is 0.247 e. The Balaban J connectivity index is 2.69. The molecule has 2 rings (SSSR count). The van der Waals surface area contributed by atoms with Crippen LogP contribution in [-0.4, -0.2) is 28.6 Å². The van der Waals surface area contributed by atoms with E-state index in [1.807, 2.05) is 5.32 Å². The maximum Gasteiger partial charge on any atom is 0.247 e. The van der Waals surface area contributed by atoms with Gasteiger partial charge in [-0.2, -0.15) is 0 Å². The Hall–Kier alpha value is -0.480. The van der Waals surface area contributed by atoms with E-state index in [2.05, 4.69) is 0 Å². The van der Waals surface area contributed by atoms with Crippen LogP contribution in [0.1, 0.15) is 40.0 Å². The summed E-state index contributed by atoms with van der Waals surface area (Å²) in [5.74, 6) is 0. The number of nitrogens with two attached hydrogens (primary N) is 1. The molecule has 6 nitrogen and oxygen atoms in total. The largest absolute Gasteiger partial charge is 0.310 e. The Kier molecular flexibility index (Phi) is 2.21. The fourth-order valence-corrected chi connectivity index (χ4v) is 6.07. The van der Waals surface area contributed by atoms with Gasteiger partial charge in [-0.3, -0.25) is 0 Å². The maximum absolute atomic E-state index is 12.5. The van der Waals surface area contributed by atoms with E-state index >= 15 is 0 Å². The van der Waals surface area contributed by atoms with Gasteiger partial charge in [0.2, 0.25) is 10.0 Å². The zero-order valence-electron chi connectivity index (χ0n) is 15.8. The van der Waals surface area contributed by atoms with Gasteiger partial charge >= 0.3 is 0 Å². The lowest BCUT2D eigenvalue weighted by atomic mass is 10.1. The Morgan fingerprint density at radius 1 is 1.74 bits per heavy atom. The molecule has 0 radical (unpaired) electrons. The van der Waals surface area contributed by atoms with Crippen LogP contribution in [0.3, 0.4) is 0 Å². The van der Waals surface area contributed by atoms with Crippen LogP contribution in [0.15, 0.2) is 14.5 Å². The summed E-state index contributed by atoms with van der Waals surface area (Å²) in [4.78, 5) is 0. The van der Waals surface area contributed by atoms with Crippen LogP contribution < -0.4 is 10.5 Å². The first-order valence-corrected chi connectivity index (χ1v) is 9.03. The zero-order valence-corrected chi connectivity index (χ0v) is 12.2. The molecule has 0 saturated carbocycles. The fourth-order valence-electron chi connectivity index (χ4n) is 1.80. The Morgan fingerprint density at radius 2 is 2.42 bits per heavy atom. The van der Waals surface area contributed by atoms with Gasteiger partial charge < -0.3 is 5.32 Å². The molecule has 2 atom stereocenters. The van der Waals surface area contributed by atoms with E-state index in [0.717, 1.165) is 6.07 Å². The molecule has 1 aromatic heterocycles. The molecule has 1 aliphatic rings. The molecule has 0 amide bonds. The number of primary sulfonamides is 1. The number of thiophene rings is 1. The minimum atomic E-state index is -4.25. The lowest BCUT2D eigenvalue weighted by Crippen LogP contribution is -2.33. The van der Waals surface area contributed by atoms with E-state index in [1.54, 1.807) is 0 Å². The number of nitrogens with one attached hydrogen (secondary N) is 1. The summed E-state index contributed by atoms with van der Waals surface area (Å²) in [5, 5.41) is 5.92. The second kappa shape index (κ2) is 4.81. The van der Waals surface area contributed by atoms with E-state index < -0.39 is 59.3 Å². The summed E-state index contributed by atoms with van der Waals surface area (Å²) in [5.41, 5.74) is -0.326. The summed E-state index contributed by atoms with van der Waals surface area (Å²) in [6.07, 6.45) is -0.460. The van der Waals surface area contributed by atoms with Gasteiger partial charge in [0.1, 0.15) is 8.42 Å². The lowest BCUT2D eigenvalue weighted by Gasteiger charge is -2.27. The highest BCUT2D eigenvalue weighted by Crippen LogP contribution is 2.42. The van der Waals surface area contributed by atoms with E-state index in [9.17, 15) is 16.8 Å². The third-order valence-electron chi connectivity index (χ3n) is 2.77. The molecule has 0 saturated heterocycles. The Bertz CT molecular complexity index is 908. The normalized spacial score (nSPS) is 36.0. The van der Waals surface area contributed by atoms with Crippen molar-refractivity contribution in [1.29, 1.82) is 0 Å². The quantitative estimate of drug-likeness (QED) is 0.844. The number of sulfone groups is 1. The number of sulfonamides is 1. The predicted octanol–water partition coefficient (Wildman–Crippen LogP) is 0.612. The van der Waals surface area contributed by atoms with Gasteiger partial charge in [0.05, 0.1) is 6.62 Å². The number of fused-ring (bicyclic) bond motifs is 1. The molecule has 9 heteroatoms. The third-order valence-corrected chi connectivity index (χ3v) is 8.03. The monoisotopic (exact) mass is 330 g/mol. The summed E-state index contributed by atoms with van der Waals surface area (Å²) in [7, 11) is -8.20. The average Bonchev–Trinajstić information content (AvgIpc) is 2.81. The lowest BCUT2D eigenvalue weighted by molar-refractivity contribution is 0.477. The van der Waals surface area contributed by atoms with Crippen molar-refractivity contribution < 1.29 is 25.1 Å². The van der Waals surface area contributed by atoms with Crippen LogP contribution in [0.5, 0.6) is 0 Å². The van der Waals surface area contributed by atoms with E-state index in [0.29, 0.717) is 11.3 Å². The van der Waals surface area contributed by atoms with Crippen molar-refractivity contribution in [2.45, 2.75) is 39.9 Å². The third kappa shape index (κ3) is 2.57. The molecule has 0 spiro atoms. The van der Waals surface area contributed by atoms with Gasteiger partial charge in [0.25, 0.3) is 0 Å². The predicted molar refractivity (Wildman–Crippen MR) is 73.4 cm³/mol. The molecular formula is C10H16N2O4S3. The van der Waals surface area contributed by atoms with Crippen LogP contribution in [0, 0.1) is 0 Å². The van der Waals surface area contributed by atoms with Crippen LogP contribution in [0.4, 0.5) is 0 Å². The molecule has 0 aromatic carbocycles. The number of rotatable bonds is 3. The topological polar surface area (TPSA) is 106 Å². The molecule has 0 unspecified atom stereocenters. The molecule has 0 bridgehead atoms. The molecule has 2 heterocycles. The SMILES string of the molecule is [2H]C([2H])([2H])C([2H])([2H])N[C@@]1([2H])C[C@H](C)S(=O)(=O)c2sc(S(N)(=O)=O)cc21. The van der Waals surface area contributed by atoms with E-state index in [4.69, 9.17) is 13.4 Å². The highest BCUT2D eigenvalue weighted by atomic mass is 32.3. The first-order valence-electron chi connectivity index (χ1n) is 8.12. The molecule has 3 N–H and O–H groups in total. The molecule has 108 valence electrons. The van der Waals surface area contributed by atoms with Gasteiger partial charge in [-0.1, -0.05) is 6.85 Å². The average molecular weight is 330 g/mol. The summed E-state index contributed by atoms with van der Waals surface area (Å²) >= 11 is 0.365. The fraction of sp³-hybridized carbons (Fsp3) is 0.600. The summed E-state index contributed by atoms with van der Waals surface area (Å²) in [6.45, 7) is -4.85. The van der Waals surface area contributed by atoms with Crippen LogP contribution >= 0.6 is 11.3 Å². The number of hydrogen-bond donors (Lipinski definition) is 2. The van der Waals surface area contributed by atoms with Gasteiger partial charge in [-0.25, -0.2) is 22.0 Å².